The van der Waals surface area contributed by atoms with Crippen LogP contribution in [0.25, 0.3) is 33.4 Å². The van der Waals surface area contributed by atoms with E-state index in [0.29, 0.717) is 0 Å². The van der Waals surface area contributed by atoms with Crippen LogP contribution < -0.4 is 5.32 Å². The zero-order valence-corrected chi connectivity index (χ0v) is 27.7. The van der Waals surface area contributed by atoms with Gasteiger partial charge in [-0.1, -0.05) is 157 Å². The van der Waals surface area contributed by atoms with Gasteiger partial charge in [-0.05, 0) is 90.2 Å². The molecule has 0 aliphatic heterocycles. The summed E-state index contributed by atoms with van der Waals surface area (Å²) >= 11 is 0. The molecule has 1 spiro atoms. The molecule has 6 aromatic rings. The van der Waals surface area contributed by atoms with Crippen LogP contribution >= 0.6 is 0 Å². The summed E-state index contributed by atoms with van der Waals surface area (Å²) in [5.41, 5.74) is 18.0. The molecular weight excluding hydrogens is 555 g/mol. The van der Waals surface area contributed by atoms with E-state index in [4.69, 9.17) is 0 Å². The predicted octanol–water partition coefficient (Wildman–Crippen LogP) is 12.0. The van der Waals surface area contributed by atoms with Crippen LogP contribution in [0.15, 0.2) is 133 Å². The molecule has 0 fully saturated rings. The Kier molecular flexibility index (Phi) is 6.25. The molecule has 0 atom stereocenters. The van der Waals surface area contributed by atoms with Crippen LogP contribution in [-0.2, 0) is 16.2 Å². The van der Waals surface area contributed by atoms with E-state index in [-0.39, 0.29) is 16.2 Å². The topological polar surface area (TPSA) is 12.0 Å². The van der Waals surface area contributed by atoms with Gasteiger partial charge in [0.1, 0.15) is 0 Å². The van der Waals surface area contributed by atoms with Gasteiger partial charge in [0.25, 0.3) is 0 Å². The summed E-state index contributed by atoms with van der Waals surface area (Å²) in [5, 5.41) is 3.90. The zero-order valence-electron chi connectivity index (χ0n) is 27.7. The number of nitrogens with one attached hydrogen (secondary N) is 1. The van der Waals surface area contributed by atoms with Crippen molar-refractivity contribution in [1.29, 1.82) is 0 Å². The molecule has 2 aliphatic carbocycles. The fourth-order valence-electron chi connectivity index (χ4n) is 7.84. The van der Waals surface area contributed by atoms with Crippen molar-refractivity contribution >= 4 is 11.4 Å². The van der Waals surface area contributed by atoms with E-state index in [1.165, 1.54) is 66.8 Å². The van der Waals surface area contributed by atoms with Gasteiger partial charge in [0.05, 0.1) is 5.41 Å². The first kappa shape index (κ1) is 28.6. The Morgan fingerprint density at radius 3 is 1.52 bits per heavy atom. The van der Waals surface area contributed by atoms with Gasteiger partial charge < -0.3 is 5.32 Å². The Bertz CT molecular complexity index is 2070. The molecule has 0 saturated heterocycles. The van der Waals surface area contributed by atoms with E-state index in [0.717, 1.165) is 11.4 Å². The van der Waals surface area contributed by atoms with Crippen molar-refractivity contribution in [3.63, 3.8) is 0 Å². The molecular formula is C45H41N. The number of benzene rings is 6. The SMILES string of the molecule is CC(C)(C)c1cc(-c2cccc(Nc3cccc4c3-c3ccccc3C43c4ccccc4-c4ccccc43)c2)cc(C(C)(C)C)c1. The van der Waals surface area contributed by atoms with E-state index in [1.54, 1.807) is 0 Å². The van der Waals surface area contributed by atoms with Gasteiger partial charge in [0.15, 0.2) is 0 Å². The summed E-state index contributed by atoms with van der Waals surface area (Å²) < 4.78 is 0. The first-order valence-corrected chi connectivity index (χ1v) is 16.5. The Morgan fingerprint density at radius 2 is 0.935 bits per heavy atom. The van der Waals surface area contributed by atoms with E-state index in [1.807, 2.05) is 0 Å². The zero-order chi connectivity index (χ0) is 31.8. The average Bonchev–Trinajstić information content (AvgIpc) is 3.52. The lowest BCUT2D eigenvalue weighted by Gasteiger charge is -2.30. The molecule has 0 saturated carbocycles. The number of fused-ring (bicyclic) bond motifs is 10. The van der Waals surface area contributed by atoms with Crippen molar-refractivity contribution in [2.75, 3.05) is 5.32 Å². The molecule has 8 rings (SSSR count). The molecule has 46 heavy (non-hydrogen) atoms. The van der Waals surface area contributed by atoms with Crippen LogP contribution in [0.1, 0.15) is 74.9 Å². The molecule has 0 heterocycles. The quantitative estimate of drug-likeness (QED) is 0.214. The second kappa shape index (κ2) is 10.1. The number of hydrogen-bond donors (Lipinski definition) is 1. The third-order valence-electron chi connectivity index (χ3n) is 10.2. The highest BCUT2D eigenvalue weighted by molar-refractivity contribution is 5.99. The highest BCUT2D eigenvalue weighted by Gasteiger charge is 2.51. The monoisotopic (exact) mass is 595 g/mol. The molecule has 2 aliphatic rings. The van der Waals surface area contributed by atoms with Gasteiger partial charge in [-0.15, -0.1) is 0 Å². The van der Waals surface area contributed by atoms with Gasteiger partial charge in [0, 0.05) is 16.9 Å². The Labute approximate surface area is 274 Å². The highest BCUT2D eigenvalue weighted by Crippen LogP contribution is 2.63. The Hall–Kier alpha value is -4.88. The molecule has 0 aromatic heterocycles. The molecule has 0 unspecified atom stereocenters. The van der Waals surface area contributed by atoms with Crippen molar-refractivity contribution < 1.29 is 0 Å². The van der Waals surface area contributed by atoms with Crippen LogP contribution in [0.5, 0.6) is 0 Å². The minimum absolute atomic E-state index is 0.0668. The van der Waals surface area contributed by atoms with Crippen molar-refractivity contribution in [1.82, 2.24) is 0 Å². The van der Waals surface area contributed by atoms with Crippen LogP contribution in [0.2, 0.25) is 0 Å². The Morgan fingerprint density at radius 1 is 0.435 bits per heavy atom. The summed E-state index contributed by atoms with van der Waals surface area (Å²) in [4.78, 5) is 0. The maximum absolute atomic E-state index is 3.90. The third-order valence-corrected chi connectivity index (χ3v) is 10.2. The van der Waals surface area contributed by atoms with E-state index in [9.17, 15) is 0 Å². The number of anilines is 2. The third kappa shape index (κ3) is 4.22. The first-order chi connectivity index (χ1) is 22.1. The van der Waals surface area contributed by atoms with Gasteiger partial charge in [-0.25, -0.2) is 0 Å². The summed E-state index contributed by atoms with van der Waals surface area (Å²) in [6.07, 6.45) is 0. The van der Waals surface area contributed by atoms with Crippen molar-refractivity contribution in [2.24, 2.45) is 0 Å². The first-order valence-electron chi connectivity index (χ1n) is 16.5. The lowest BCUT2D eigenvalue weighted by molar-refractivity contribution is 0.569. The number of rotatable bonds is 3. The summed E-state index contributed by atoms with van der Waals surface area (Å²) in [7, 11) is 0. The Balaban J connectivity index is 1.28. The maximum atomic E-state index is 3.90. The standard InChI is InChI=1S/C45H41N/c1-43(2,3)31-25-30(26-32(28-31)44(4,5)6)29-15-13-16-33(27-29)46-41-24-14-23-40-42(41)36-19-9-12-22-39(36)45(40)37-20-10-7-17-34(37)35-18-8-11-21-38(35)45/h7-28,46H,1-6H3. The van der Waals surface area contributed by atoms with Crippen molar-refractivity contribution in [3.8, 4) is 33.4 Å². The molecule has 6 aromatic carbocycles. The molecule has 226 valence electrons. The molecule has 0 amide bonds. The largest absolute Gasteiger partial charge is 0.355 e. The molecule has 1 heteroatoms. The summed E-state index contributed by atoms with van der Waals surface area (Å²) in [6.45, 7) is 13.8. The van der Waals surface area contributed by atoms with Crippen LogP contribution in [0, 0.1) is 0 Å². The van der Waals surface area contributed by atoms with Gasteiger partial charge >= 0.3 is 0 Å². The van der Waals surface area contributed by atoms with Crippen molar-refractivity contribution in [3.05, 3.63) is 167 Å². The van der Waals surface area contributed by atoms with E-state index < -0.39 is 0 Å². The van der Waals surface area contributed by atoms with E-state index >= 15 is 0 Å². The molecule has 1 N–H and O–H groups in total. The fraction of sp³-hybridized carbons (Fsp3) is 0.200. The second-order valence-corrected chi connectivity index (χ2v) is 15.1. The minimum atomic E-state index is -0.338. The summed E-state index contributed by atoms with van der Waals surface area (Å²) in [6, 6.07) is 49.9. The molecule has 0 bridgehead atoms. The van der Waals surface area contributed by atoms with Crippen molar-refractivity contribution in [2.45, 2.75) is 57.8 Å². The van der Waals surface area contributed by atoms with Gasteiger partial charge in [-0.2, -0.15) is 0 Å². The molecule has 0 radical (unpaired) electrons. The van der Waals surface area contributed by atoms with Crippen LogP contribution in [0.3, 0.4) is 0 Å². The average molecular weight is 596 g/mol. The van der Waals surface area contributed by atoms with Crippen LogP contribution in [0.4, 0.5) is 11.4 Å². The molecule has 1 nitrogen and oxygen atoms in total. The highest BCUT2D eigenvalue weighted by atomic mass is 14.9. The van der Waals surface area contributed by atoms with Gasteiger partial charge in [0.2, 0.25) is 0 Å². The van der Waals surface area contributed by atoms with Crippen LogP contribution in [-0.4, -0.2) is 0 Å². The van der Waals surface area contributed by atoms with E-state index in [2.05, 4.69) is 180 Å². The smallest absolute Gasteiger partial charge is 0.0726 e. The lowest BCUT2D eigenvalue weighted by Crippen LogP contribution is -2.25. The van der Waals surface area contributed by atoms with Gasteiger partial charge in [-0.3, -0.25) is 0 Å². The lowest BCUT2D eigenvalue weighted by atomic mass is 9.70. The minimum Gasteiger partial charge on any atom is -0.355 e. The second-order valence-electron chi connectivity index (χ2n) is 15.1. The fourth-order valence-corrected chi connectivity index (χ4v) is 7.84. The predicted molar refractivity (Wildman–Crippen MR) is 195 cm³/mol. The maximum Gasteiger partial charge on any atom is 0.0726 e. The summed E-state index contributed by atoms with van der Waals surface area (Å²) in [5.74, 6) is 0. The normalized spacial score (nSPS) is 14.0. The number of hydrogen-bond acceptors (Lipinski definition) is 1.